The quantitative estimate of drug-likeness (QED) is 0.749. The molecule has 0 bridgehead atoms. The maximum Gasteiger partial charge on any atom is 0.224 e. The minimum Gasteiger partial charge on any atom is -0.378 e. The standard InChI is InChI=1S/C15H28N2O2S/c1-3-20-14-5-4-13(12-14)16(2)7-6-15(18)17-8-10-19-11-9-17/h13-14H,3-12H2,1-2H3/t13-,14-/m0/s1. The van der Waals surface area contributed by atoms with E-state index in [-0.39, 0.29) is 5.91 Å². The molecule has 2 atom stereocenters. The van der Waals surface area contributed by atoms with Crippen LogP contribution in [0.3, 0.4) is 0 Å². The Balaban J connectivity index is 1.67. The van der Waals surface area contributed by atoms with Gasteiger partial charge in [-0.15, -0.1) is 0 Å². The molecule has 2 fully saturated rings. The first-order valence-corrected chi connectivity index (χ1v) is 8.93. The summed E-state index contributed by atoms with van der Waals surface area (Å²) in [7, 11) is 2.18. The van der Waals surface area contributed by atoms with Crippen molar-refractivity contribution in [3.63, 3.8) is 0 Å². The fourth-order valence-electron chi connectivity index (χ4n) is 3.13. The minimum atomic E-state index is 0.289. The van der Waals surface area contributed by atoms with E-state index in [0.717, 1.165) is 24.9 Å². The molecule has 0 aromatic carbocycles. The fraction of sp³-hybridized carbons (Fsp3) is 0.933. The summed E-state index contributed by atoms with van der Waals surface area (Å²) in [5, 5.41) is 0.836. The first-order valence-electron chi connectivity index (χ1n) is 7.88. The lowest BCUT2D eigenvalue weighted by molar-refractivity contribution is -0.135. The van der Waals surface area contributed by atoms with Crippen LogP contribution < -0.4 is 0 Å². The molecule has 0 aromatic rings. The molecule has 4 nitrogen and oxygen atoms in total. The van der Waals surface area contributed by atoms with Gasteiger partial charge in [-0.3, -0.25) is 4.79 Å². The zero-order chi connectivity index (χ0) is 14.4. The van der Waals surface area contributed by atoms with Crippen molar-refractivity contribution in [2.24, 2.45) is 0 Å². The molecule has 0 spiro atoms. The topological polar surface area (TPSA) is 32.8 Å². The van der Waals surface area contributed by atoms with Crippen LogP contribution in [0, 0.1) is 0 Å². The molecular formula is C15H28N2O2S. The summed E-state index contributed by atoms with van der Waals surface area (Å²) >= 11 is 2.09. The Morgan fingerprint density at radius 2 is 2.10 bits per heavy atom. The molecule has 0 unspecified atom stereocenters. The van der Waals surface area contributed by atoms with E-state index in [4.69, 9.17) is 4.74 Å². The molecular weight excluding hydrogens is 272 g/mol. The molecule has 1 saturated heterocycles. The molecule has 20 heavy (non-hydrogen) atoms. The lowest BCUT2D eigenvalue weighted by atomic mass is 10.2. The van der Waals surface area contributed by atoms with Crippen LogP contribution in [0.15, 0.2) is 0 Å². The molecule has 0 radical (unpaired) electrons. The summed E-state index contributed by atoms with van der Waals surface area (Å²) in [6.45, 7) is 6.05. The highest BCUT2D eigenvalue weighted by Crippen LogP contribution is 2.32. The summed E-state index contributed by atoms with van der Waals surface area (Å²) in [6, 6.07) is 0.677. The van der Waals surface area contributed by atoms with Crippen molar-refractivity contribution in [2.75, 3.05) is 45.6 Å². The van der Waals surface area contributed by atoms with Crippen molar-refractivity contribution in [2.45, 2.75) is 43.9 Å². The van der Waals surface area contributed by atoms with Gasteiger partial charge in [0.2, 0.25) is 5.91 Å². The molecule has 0 N–H and O–H groups in total. The van der Waals surface area contributed by atoms with Crippen molar-refractivity contribution in [1.82, 2.24) is 9.80 Å². The predicted molar refractivity (Wildman–Crippen MR) is 84.2 cm³/mol. The van der Waals surface area contributed by atoms with Crippen LogP contribution in [0.4, 0.5) is 0 Å². The molecule has 1 heterocycles. The van der Waals surface area contributed by atoms with Gasteiger partial charge < -0.3 is 14.5 Å². The van der Waals surface area contributed by atoms with E-state index in [0.29, 0.717) is 25.7 Å². The molecule has 2 aliphatic rings. The molecule has 1 aliphatic heterocycles. The highest BCUT2D eigenvalue weighted by Gasteiger charge is 2.27. The minimum absolute atomic E-state index is 0.289. The summed E-state index contributed by atoms with van der Waals surface area (Å²) in [6.07, 6.45) is 4.57. The van der Waals surface area contributed by atoms with Gasteiger partial charge in [-0.2, -0.15) is 11.8 Å². The van der Waals surface area contributed by atoms with E-state index >= 15 is 0 Å². The molecule has 5 heteroatoms. The van der Waals surface area contributed by atoms with E-state index in [2.05, 4.69) is 30.6 Å². The van der Waals surface area contributed by atoms with Crippen molar-refractivity contribution in [1.29, 1.82) is 0 Å². The van der Waals surface area contributed by atoms with Crippen molar-refractivity contribution < 1.29 is 9.53 Å². The lowest BCUT2D eigenvalue weighted by Crippen LogP contribution is -2.42. The Morgan fingerprint density at radius 3 is 2.80 bits per heavy atom. The summed E-state index contributed by atoms with van der Waals surface area (Å²) in [5.41, 5.74) is 0. The highest BCUT2D eigenvalue weighted by atomic mass is 32.2. The van der Waals surface area contributed by atoms with Crippen molar-refractivity contribution in [3.8, 4) is 0 Å². The van der Waals surface area contributed by atoms with Crippen LogP contribution in [-0.4, -0.2) is 72.6 Å². The maximum atomic E-state index is 12.1. The van der Waals surface area contributed by atoms with Gasteiger partial charge in [-0.1, -0.05) is 6.92 Å². The van der Waals surface area contributed by atoms with Crippen LogP contribution in [0.2, 0.25) is 0 Å². The zero-order valence-electron chi connectivity index (χ0n) is 12.8. The molecule has 116 valence electrons. The average molecular weight is 300 g/mol. The number of thioether (sulfide) groups is 1. The van der Waals surface area contributed by atoms with Gasteiger partial charge >= 0.3 is 0 Å². The normalized spacial score (nSPS) is 27.2. The highest BCUT2D eigenvalue weighted by molar-refractivity contribution is 7.99. The summed E-state index contributed by atoms with van der Waals surface area (Å²) in [4.78, 5) is 16.5. The second-order valence-electron chi connectivity index (χ2n) is 5.77. The number of ether oxygens (including phenoxy) is 1. The van der Waals surface area contributed by atoms with E-state index in [1.807, 2.05) is 4.90 Å². The van der Waals surface area contributed by atoms with E-state index < -0.39 is 0 Å². The SMILES string of the molecule is CCS[C@H]1CC[C@H](N(C)CCC(=O)N2CCOCC2)C1. The Morgan fingerprint density at radius 1 is 1.35 bits per heavy atom. The van der Waals surface area contributed by atoms with Crippen molar-refractivity contribution >= 4 is 17.7 Å². The van der Waals surface area contributed by atoms with Gasteiger partial charge in [-0.25, -0.2) is 0 Å². The third kappa shape index (κ3) is 4.64. The van der Waals surface area contributed by atoms with Gasteiger partial charge in [-0.05, 0) is 32.1 Å². The van der Waals surface area contributed by atoms with Gasteiger partial charge in [0.25, 0.3) is 0 Å². The summed E-state index contributed by atoms with van der Waals surface area (Å²) in [5.74, 6) is 1.51. The van der Waals surface area contributed by atoms with Crippen molar-refractivity contribution in [3.05, 3.63) is 0 Å². The van der Waals surface area contributed by atoms with E-state index in [9.17, 15) is 4.79 Å². The van der Waals surface area contributed by atoms with Crippen LogP contribution in [0.1, 0.15) is 32.6 Å². The predicted octanol–water partition coefficient (Wildman–Crippen LogP) is 1.84. The Kier molecular flexibility index (Phi) is 6.65. The van der Waals surface area contributed by atoms with Gasteiger partial charge in [0.1, 0.15) is 0 Å². The van der Waals surface area contributed by atoms with E-state index in [1.165, 1.54) is 25.0 Å². The zero-order valence-corrected chi connectivity index (χ0v) is 13.7. The van der Waals surface area contributed by atoms with Crippen LogP contribution in [0.25, 0.3) is 0 Å². The number of hydrogen-bond donors (Lipinski definition) is 0. The molecule has 0 aromatic heterocycles. The average Bonchev–Trinajstić information content (AvgIpc) is 2.94. The third-order valence-electron chi connectivity index (χ3n) is 4.42. The number of carbonyl (C=O) groups is 1. The van der Waals surface area contributed by atoms with Crippen LogP contribution in [-0.2, 0) is 9.53 Å². The lowest BCUT2D eigenvalue weighted by Gasteiger charge is -2.29. The first kappa shape index (κ1) is 16.1. The first-order chi connectivity index (χ1) is 9.70. The number of carbonyl (C=O) groups excluding carboxylic acids is 1. The molecule has 1 aliphatic carbocycles. The molecule has 2 rings (SSSR count). The Hall–Kier alpha value is -0.260. The smallest absolute Gasteiger partial charge is 0.224 e. The Labute approximate surface area is 127 Å². The second-order valence-corrected chi connectivity index (χ2v) is 7.35. The number of hydrogen-bond acceptors (Lipinski definition) is 4. The Bertz CT molecular complexity index is 308. The number of nitrogens with zero attached hydrogens (tertiary/aromatic N) is 2. The van der Waals surface area contributed by atoms with Crippen LogP contribution in [0.5, 0.6) is 0 Å². The van der Waals surface area contributed by atoms with E-state index in [1.54, 1.807) is 0 Å². The van der Waals surface area contributed by atoms with Gasteiger partial charge in [0.15, 0.2) is 0 Å². The monoisotopic (exact) mass is 300 g/mol. The second kappa shape index (κ2) is 8.25. The van der Waals surface area contributed by atoms with Crippen LogP contribution >= 0.6 is 11.8 Å². The molecule has 1 amide bonds. The number of morpholine rings is 1. The number of amides is 1. The fourth-order valence-corrected chi connectivity index (χ4v) is 4.26. The van der Waals surface area contributed by atoms with Gasteiger partial charge in [0.05, 0.1) is 13.2 Å². The largest absolute Gasteiger partial charge is 0.378 e. The number of rotatable bonds is 6. The third-order valence-corrected chi connectivity index (χ3v) is 5.66. The van der Waals surface area contributed by atoms with Gasteiger partial charge in [0, 0.05) is 37.3 Å². The molecule has 1 saturated carbocycles. The summed E-state index contributed by atoms with van der Waals surface area (Å²) < 4.78 is 5.28. The maximum absolute atomic E-state index is 12.1.